The lowest BCUT2D eigenvalue weighted by molar-refractivity contribution is -0.124. The van der Waals surface area contributed by atoms with Gasteiger partial charge < -0.3 is 15.1 Å². The molecule has 2 unspecified atom stereocenters. The minimum absolute atomic E-state index is 0.132. The minimum Gasteiger partial charge on any atom is -0.459 e. The van der Waals surface area contributed by atoms with Crippen LogP contribution in [0.3, 0.4) is 0 Å². The highest BCUT2D eigenvalue weighted by molar-refractivity contribution is 6.36. The fraction of sp³-hybridized carbons (Fsp3) is 0.273. The molecule has 0 spiro atoms. The van der Waals surface area contributed by atoms with Gasteiger partial charge in [-0.05, 0) is 43.2 Å². The van der Waals surface area contributed by atoms with E-state index in [1.165, 1.54) is 12.1 Å². The van der Waals surface area contributed by atoms with Crippen molar-refractivity contribution in [3.8, 4) is 0 Å². The molecule has 5 nitrogen and oxygen atoms in total. The summed E-state index contributed by atoms with van der Waals surface area (Å²) in [7, 11) is 0. The molecule has 2 N–H and O–H groups in total. The molecule has 152 valence electrons. The number of halogens is 2. The molecule has 0 aliphatic rings. The summed E-state index contributed by atoms with van der Waals surface area (Å²) in [5.41, 5.74) is 1.02. The molecular formula is C22H22Cl2N2O3. The predicted molar refractivity (Wildman–Crippen MR) is 115 cm³/mol. The van der Waals surface area contributed by atoms with Gasteiger partial charge in [0.2, 0.25) is 5.91 Å². The zero-order chi connectivity index (χ0) is 21.1. The van der Waals surface area contributed by atoms with Gasteiger partial charge in [-0.1, -0.05) is 55.2 Å². The predicted octanol–water partition coefficient (Wildman–Crippen LogP) is 5.37. The van der Waals surface area contributed by atoms with Gasteiger partial charge in [-0.25, -0.2) is 0 Å². The second-order valence-corrected chi connectivity index (χ2v) is 8.08. The summed E-state index contributed by atoms with van der Waals surface area (Å²) in [5, 5.41) is 7.32. The molecule has 0 saturated heterocycles. The fourth-order valence-corrected chi connectivity index (χ4v) is 3.51. The van der Waals surface area contributed by atoms with Gasteiger partial charge in [-0.2, -0.15) is 0 Å². The zero-order valence-corrected chi connectivity index (χ0v) is 17.8. The number of hydrogen-bond donors (Lipinski definition) is 2. The number of carbonyl (C=O) groups is 2. The van der Waals surface area contributed by atoms with Gasteiger partial charge in [0, 0.05) is 10.4 Å². The smallest absolute Gasteiger partial charge is 0.253 e. The van der Waals surface area contributed by atoms with E-state index < -0.39 is 11.9 Å². The normalized spacial score (nSPS) is 13.3. The van der Waals surface area contributed by atoms with Crippen LogP contribution >= 0.6 is 23.2 Å². The first-order valence-electron chi connectivity index (χ1n) is 9.31. The maximum Gasteiger partial charge on any atom is 0.253 e. The summed E-state index contributed by atoms with van der Waals surface area (Å²) in [6, 6.07) is 13.1. The van der Waals surface area contributed by atoms with Crippen molar-refractivity contribution < 1.29 is 14.0 Å². The van der Waals surface area contributed by atoms with Gasteiger partial charge in [0.1, 0.15) is 17.4 Å². The Kier molecular flexibility index (Phi) is 6.50. The highest BCUT2D eigenvalue weighted by Gasteiger charge is 2.27. The number of furan rings is 1. The Labute approximate surface area is 179 Å². The summed E-state index contributed by atoms with van der Waals surface area (Å²) in [5.74, 6) is -0.217. The van der Waals surface area contributed by atoms with Gasteiger partial charge in [0.05, 0.1) is 16.6 Å². The van der Waals surface area contributed by atoms with Crippen LogP contribution in [-0.2, 0) is 4.79 Å². The van der Waals surface area contributed by atoms with E-state index in [2.05, 4.69) is 10.6 Å². The Balaban J connectivity index is 1.72. The molecule has 0 fully saturated rings. The Morgan fingerprint density at radius 1 is 0.966 bits per heavy atom. The molecule has 1 aromatic heterocycles. The van der Waals surface area contributed by atoms with Crippen molar-refractivity contribution >= 4 is 46.0 Å². The fourth-order valence-electron chi connectivity index (χ4n) is 3.02. The van der Waals surface area contributed by atoms with Crippen molar-refractivity contribution in [2.45, 2.75) is 32.9 Å². The molecule has 2 aromatic carbocycles. The van der Waals surface area contributed by atoms with E-state index in [4.69, 9.17) is 27.6 Å². The van der Waals surface area contributed by atoms with E-state index in [9.17, 15) is 9.59 Å². The number of para-hydroxylation sites is 1. The highest BCUT2D eigenvalue weighted by Crippen LogP contribution is 2.24. The van der Waals surface area contributed by atoms with Crippen LogP contribution in [0.1, 0.15) is 42.9 Å². The molecule has 3 rings (SSSR count). The standard InChI is InChI=1S/C22H22Cl2N2O3/c1-12(2)20(26-21(27)16-9-8-15(23)11-17(16)24)22(28)25-13(3)19-10-14-6-4-5-7-18(14)29-19/h4-13,20H,1-3H3,(H,25,28)(H,26,27). The summed E-state index contributed by atoms with van der Waals surface area (Å²) in [6.45, 7) is 5.56. The number of nitrogens with one attached hydrogen (secondary N) is 2. The van der Waals surface area contributed by atoms with Gasteiger partial charge in [-0.15, -0.1) is 0 Å². The molecule has 3 aromatic rings. The third-order valence-corrected chi connectivity index (χ3v) is 5.19. The third kappa shape index (κ3) is 4.92. The van der Waals surface area contributed by atoms with Crippen molar-refractivity contribution in [2.24, 2.45) is 5.92 Å². The van der Waals surface area contributed by atoms with Crippen LogP contribution in [0.2, 0.25) is 10.0 Å². The first-order valence-corrected chi connectivity index (χ1v) is 10.1. The third-order valence-electron chi connectivity index (χ3n) is 4.64. The number of amides is 2. The van der Waals surface area contributed by atoms with Crippen molar-refractivity contribution in [1.82, 2.24) is 10.6 Å². The molecule has 2 amide bonds. The van der Waals surface area contributed by atoms with Gasteiger partial charge >= 0.3 is 0 Å². The minimum atomic E-state index is -0.735. The van der Waals surface area contributed by atoms with Crippen LogP contribution in [0.15, 0.2) is 52.9 Å². The molecule has 0 bridgehead atoms. The molecule has 0 saturated carbocycles. The highest BCUT2D eigenvalue weighted by atomic mass is 35.5. The lowest BCUT2D eigenvalue weighted by atomic mass is 10.0. The van der Waals surface area contributed by atoms with E-state index in [0.29, 0.717) is 10.8 Å². The Hall–Kier alpha value is -2.50. The maximum absolute atomic E-state index is 12.9. The van der Waals surface area contributed by atoms with Gasteiger partial charge in [-0.3, -0.25) is 9.59 Å². The number of fused-ring (bicyclic) bond motifs is 1. The van der Waals surface area contributed by atoms with Crippen molar-refractivity contribution in [3.63, 3.8) is 0 Å². The Bertz CT molecular complexity index is 1010. The molecule has 1 heterocycles. The average Bonchev–Trinajstić information content (AvgIpc) is 3.10. The zero-order valence-electron chi connectivity index (χ0n) is 16.3. The van der Waals surface area contributed by atoms with E-state index >= 15 is 0 Å². The average molecular weight is 433 g/mol. The summed E-state index contributed by atoms with van der Waals surface area (Å²) >= 11 is 12.0. The number of carbonyl (C=O) groups excluding carboxylic acids is 2. The van der Waals surface area contributed by atoms with Crippen LogP contribution < -0.4 is 10.6 Å². The van der Waals surface area contributed by atoms with E-state index in [0.717, 1.165) is 11.0 Å². The molecular weight excluding hydrogens is 411 g/mol. The first kappa shape index (κ1) is 21.2. The molecule has 0 radical (unpaired) electrons. The lowest BCUT2D eigenvalue weighted by Crippen LogP contribution is -2.50. The maximum atomic E-state index is 12.9. The lowest BCUT2D eigenvalue weighted by Gasteiger charge is -2.23. The largest absolute Gasteiger partial charge is 0.459 e. The van der Waals surface area contributed by atoms with Crippen LogP contribution in [-0.4, -0.2) is 17.9 Å². The quantitative estimate of drug-likeness (QED) is 0.549. The summed E-state index contributed by atoms with van der Waals surface area (Å²) in [4.78, 5) is 25.5. The Morgan fingerprint density at radius 2 is 1.69 bits per heavy atom. The van der Waals surface area contributed by atoms with Crippen LogP contribution in [0, 0.1) is 5.92 Å². The number of rotatable bonds is 6. The van der Waals surface area contributed by atoms with Crippen LogP contribution in [0.25, 0.3) is 11.0 Å². The van der Waals surface area contributed by atoms with E-state index in [-0.39, 0.29) is 28.5 Å². The van der Waals surface area contributed by atoms with Gasteiger partial charge in [0.15, 0.2) is 0 Å². The molecule has 2 atom stereocenters. The van der Waals surface area contributed by atoms with E-state index in [1.807, 2.05) is 51.1 Å². The van der Waals surface area contributed by atoms with E-state index in [1.54, 1.807) is 6.07 Å². The van der Waals surface area contributed by atoms with Crippen LogP contribution in [0.5, 0.6) is 0 Å². The monoisotopic (exact) mass is 432 g/mol. The number of hydrogen-bond acceptors (Lipinski definition) is 3. The van der Waals surface area contributed by atoms with Crippen molar-refractivity contribution in [2.75, 3.05) is 0 Å². The van der Waals surface area contributed by atoms with Crippen molar-refractivity contribution in [1.29, 1.82) is 0 Å². The Morgan fingerprint density at radius 3 is 2.34 bits per heavy atom. The SMILES string of the molecule is CC(NC(=O)C(NC(=O)c1ccc(Cl)cc1Cl)C(C)C)c1cc2ccccc2o1. The topological polar surface area (TPSA) is 71.3 Å². The van der Waals surface area contributed by atoms with Crippen LogP contribution in [0.4, 0.5) is 0 Å². The second kappa shape index (κ2) is 8.89. The second-order valence-electron chi connectivity index (χ2n) is 7.24. The van der Waals surface area contributed by atoms with Crippen molar-refractivity contribution in [3.05, 3.63) is 69.9 Å². The van der Waals surface area contributed by atoms with Gasteiger partial charge in [0.25, 0.3) is 5.91 Å². The summed E-state index contributed by atoms with van der Waals surface area (Å²) < 4.78 is 5.82. The number of benzene rings is 2. The molecule has 7 heteroatoms. The molecule has 29 heavy (non-hydrogen) atoms. The molecule has 0 aliphatic heterocycles. The molecule has 0 aliphatic carbocycles. The summed E-state index contributed by atoms with van der Waals surface area (Å²) in [6.07, 6.45) is 0. The first-order chi connectivity index (χ1) is 13.8.